The van der Waals surface area contributed by atoms with E-state index in [1.807, 2.05) is 5.01 Å². The summed E-state index contributed by atoms with van der Waals surface area (Å²) in [5.74, 6) is 0. The molecule has 1 fully saturated rings. The van der Waals surface area contributed by atoms with Crippen molar-refractivity contribution < 1.29 is 14.3 Å². The van der Waals surface area contributed by atoms with E-state index in [1.165, 1.54) is 5.01 Å². The average molecular weight is 214 g/mol. The summed E-state index contributed by atoms with van der Waals surface area (Å²) < 4.78 is 5.20. The van der Waals surface area contributed by atoms with Gasteiger partial charge in [0, 0.05) is 13.1 Å². The molecular weight excluding hydrogens is 196 g/mol. The van der Waals surface area contributed by atoms with Gasteiger partial charge in [0.15, 0.2) is 0 Å². The molecule has 0 N–H and O–H groups in total. The van der Waals surface area contributed by atoms with Crippen LogP contribution in [-0.2, 0) is 9.53 Å². The third kappa shape index (κ3) is 3.51. The number of carbonyl (C=O) groups is 2. The molecule has 0 unspecified atom stereocenters. The molecular formula is C10H18N2O3. The number of nitrogens with zero attached hydrogens (tertiary/aromatic N) is 2. The Morgan fingerprint density at radius 3 is 2.40 bits per heavy atom. The van der Waals surface area contributed by atoms with E-state index in [0.29, 0.717) is 6.29 Å². The predicted octanol–water partition coefficient (Wildman–Crippen LogP) is 1.04. The van der Waals surface area contributed by atoms with Crippen LogP contribution in [0.25, 0.3) is 0 Å². The topological polar surface area (TPSA) is 49.9 Å². The van der Waals surface area contributed by atoms with E-state index in [2.05, 4.69) is 0 Å². The second-order valence-electron chi connectivity index (χ2n) is 4.54. The lowest BCUT2D eigenvalue weighted by Crippen LogP contribution is -2.55. The lowest BCUT2D eigenvalue weighted by Gasteiger charge is -2.40. The fourth-order valence-corrected chi connectivity index (χ4v) is 1.23. The van der Waals surface area contributed by atoms with Crippen molar-refractivity contribution in [3.05, 3.63) is 0 Å². The first-order valence-corrected chi connectivity index (χ1v) is 5.13. The second-order valence-corrected chi connectivity index (χ2v) is 4.54. The molecule has 5 nitrogen and oxygen atoms in total. The van der Waals surface area contributed by atoms with Crippen molar-refractivity contribution in [1.29, 1.82) is 0 Å². The SMILES string of the molecule is CC(C)(C)OC(=O)N(CC=O)N1CCC1. The van der Waals surface area contributed by atoms with Crippen molar-refractivity contribution >= 4 is 12.4 Å². The van der Waals surface area contributed by atoms with Gasteiger partial charge < -0.3 is 9.53 Å². The van der Waals surface area contributed by atoms with Gasteiger partial charge in [0.05, 0.1) is 6.54 Å². The first kappa shape index (κ1) is 12.0. The minimum atomic E-state index is -0.525. The Balaban J connectivity index is 2.54. The number of carbonyl (C=O) groups excluding carboxylic acids is 2. The molecule has 0 spiro atoms. The molecule has 0 radical (unpaired) electrons. The monoisotopic (exact) mass is 214 g/mol. The summed E-state index contributed by atoms with van der Waals surface area (Å²) >= 11 is 0. The molecule has 0 aromatic carbocycles. The molecule has 86 valence electrons. The standard InChI is InChI=1S/C10H18N2O3/c1-10(2,3)15-9(14)12(7-8-13)11-5-4-6-11/h8H,4-7H2,1-3H3. The van der Waals surface area contributed by atoms with Gasteiger partial charge >= 0.3 is 6.09 Å². The minimum absolute atomic E-state index is 0.0644. The van der Waals surface area contributed by atoms with Crippen molar-refractivity contribution in [2.75, 3.05) is 19.6 Å². The molecule has 0 aromatic rings. The van der Waals surface area contributed by atoms with Crippen LogP contribution in [0, 0.1) is 0 Å². The van der Waals surface area contributed by atoms with Crippen molar-refractivity contribution in [2.45, 2.75) is 32.8 Å². The van der Waals surface area contributed by atoms with Crippen LogP contribution in [0.2, 0.25) is 0 Å². The van der Waals surface area contributed by atoms with Crippen LogP contribution < -0.4 is 0 Å². The van der Waals surface area contributed by atoms with Gasteiger partial charge in [0.1, 0.15) is 11.9 Å². The molecule has 0 bridgehead atoms. The summed E-state index contributed by atoms with van der Waals surface area (Å²) in [4.78, 5) is 22.1. The highest BCUT2D eigenvalue weighted by molar-refractivity contribution is 5.71. The third-order valence-electron chi connectivity index (χ3n) is 2.03. The van der Waals surface area contributed by atoms with Gasteiger partial charge in [-0.3, -0.25) is 0 Å². The molecule has 15 heavy (non-hydrogen) atoms. The average Bonchev–Trinajstić information content (AvgIpc) is 1.96. The molecule has 1 aliphatic rings. The predicted molar refractivity (Wildman–Crippen MR) is 55.2 cm³/mol. The van der Waals surface area contributed by atoms with Crippen molar-refractivity contribution in [2.24, 2.45) is 0 Å². The Kier molecular flexibility index (Phi) is 3.68. The fourth-order valence-electron chi connectivity index (χ4n) is 1.23. The van der Waals surface area contributed by atoms with Crippen molar-refractivity contribution in [3.63, 3.8) is 0 Å². The molecule has 5 heteroatoms. The molecule has 0 aromatic heterocycles. The maximum Gasteiger partial charge on any atom is 0.425 e. The summed E-state index contributed by atoms with van der Waals surface area (Å²) in [6, 6.07) is 0. The summed E-state index contributed by atoms with van der Waals surface area (Å²) in [5, 5.41) is 3.18. The third-order valence-corrected chi connectivity index (χ3v) is 2.03. The van der Waals surface area contributed by atoms with Crippen LogP contribution in [0.15, 0.2) is 0 Å². The Morgan fingerprint density at radius 2 is 2.07 bits per heavy atom. The zero-order valence-electron chi connectivity index (χ0n) is 9.52. The Labute approximate surface area is 89.9 Å². The lowest BCUT2D eigenvalue weighted by atomic mass is 10.2. The number of hydrogen-bond acceptors (Lipinski definition) is 4. The van der Waals surface area contributed by atoms with Gasteiger partial charge in [0.25, 0.3) is 0 Å². The number of amides is 1. The first-order chi connectivity index (χ1) is 6.94. The zero-order valence-corrected chi connectivity index (χ0v) is 9.52. The highest BCUT2D eigenvalue weighted by Crippen LogP contribution is 2.15. The number of hydrazine groups is 1. The van der Waals surface area contributed by atoms with E-state index in [9.17, 15) is 9.59 Å². The molecule has 1 rings (SSSR count). The molecule has 1 saturated heterocycles. The van der Waals surface area contributed by atoms with E-state index >= 15 is 0 Å². The van der Waals surface area contributed by atoms with E-state index in [4.69, 9.17) is 4.74 Å². The van der Waals surface area contributed by atoms with E-state index in [0.717, 1.165) is 19.5 Å². The molecule has 1 aliphatic heterocycles. The molecule has 0 aliphatic carbocycles. The van der Waals surface area contributed by atoms with Crippen LogP contribution in [0.5, 0.6) is 0 Å². The summed E-state index contributed by atoms with van der Waals surface area (Å²) in [6.07, 6.45) is 1.31. The van der Waals surface area contributed by atoms with Gasteiger partial charge in [-0.1, -0.05) is 0 Å². The minimum Gasteiger partial charge on any atom is -0.443 e. The number of aldehydes is 1. The number of rotatable bonds is 3. The normalized spacial score (nSPS) is 16.7. The number of ether oxygens (including phenoxy) is 1. The molecule has 1 amide bonds. The highest BCUT2D eigenvalue weighted by Gasteiger charge is 2.29. The van der Waals surface area contributed by atoms with Gasteiger partial charge in [-0.25, -0.2) is 14.8 Å². The van der Waals surface area contributed by atoms with E-state index in [1.54, 1.807) is 20.8 Å². The summed E-state index contributed by atoms with van der Waals surface area (Å²) in [6.45, 7) is 7.11. The Hall–Kier alpha value is -1.10. The van der Waals surface area contributed by atoms with Crippen LogP contribution >= 0.6 is 0 Å². The lowest BCUT2D eigenvalue weighted by molar-refractivity contribution is -0.118. The zero-order chi connectivity index (χ0) is 11.5. The fraction of sp³-hybridized carbons (Fsp3) is 0.800. The van der Waals surface area contributed by atoms with Crippen LogP contribution in [0.3, 0.4) is 0 Å². The van der Waals surface area contributed by atoms with Crippen LogP contribution in [-0.4, -0.2) is 47.6 Å². The quantitative estimate of drug-likeness (QED) is 0.659. The number of hydrogen-bond donors (Lipinski definition) is 0. The molecule has 1 heterocycles. The van der Waals surface area contributed by atoms with Crippen LogP contribution in [0.1, 0.15) is 27.2 Å². The molecule has 0 saturated carbocycles. The maximum atomic E-state index is 11.7. The van der Waals surface area contributed by atoms with Gasteiger partial charge in [-0.15, -0.1) is 0 Å². The van der Waals surface area contributed by atoms with Gasteiger partial charge in [0.2, 0.25) is 0 Å². The smallest absolute Gasteiger partial charge is 0.425 e. The van der Waals surface area contributed by atoms with Crippen molar-refractivity contribution in [3.8, 4) is 0 Å². The summed E-state index contributed by atoms with van der Waals surface area (Å²) in [7, 11) is 0. The van der Waals surface area contributed by atoms with Crippen LogP contribution in [0.4, 0.5) is 4.79 Å². The largest absolute Gasteiger partial charge is 0.443 e. The Morgan fingerprint density at radius 1 is 1.47 bits per heavy atom. The van der Waals surface area contributed by atoms with E-state index < -0.39 is 11.7 Å². The maximum absolute atomic E-state index is 11.7. The van der Waals surface area contributed by atoms with E-state index in [-0.39, 0.29) is 6.54 Å². The van der Waals surface area contributed by atoms with Gasteiger partial charge in [-0.2, -0.15) is 0 Å². The van der Waals surface area contributed by atoms with Gasteiger partial charge in [-0.05, 0) is 27.2 Å². The Bertz CT molecular complexity index is 244. The summed E-state index contributed by atoms with van der Waals surface area (Å²) in [5.41, 5.74) is -0.525. The molecule has 0 atom stereocenters. The second kappa shape index (κ2) is 4.61. The van der Waals surface area contributed by atoms with Crippen molar-refractivity contribution in [1.82, 2.24) is 10.0 Å². The highest BCUT2D eigenvalue weighted by atomic mass is 16.6. The first-order valence-electron chi connectivity index (χ1n) is 5.13.